The number of aromatic carboxylic acids is 1. The van der Waals surface area contributed by atoms with Crippen molar-refractivity contribution in [1.82, 2.24) is 4.98 Å². The van der Waals surface area contributed by atoms with Crippen LogP contribution in [0, 0.1) is 13.8 Å². The van der Waals surface area contributed by atoms with E-state index >= 15 is 0 Å². The Morgan fingerprint density at radius 1 is 1.05 bits per heavy atom. The second-order valence-corrected chi connectivity index (χ2v) is 5.08. The maximum atomic E-state index is 11.1. The molecule has 0 aliphatic carbocycles. The van der Waals surface area contributed by atoms with Crippen LogP contribution in [0.15, 0.2) is 42.5 Å². The predicted molar refractivity (Wildman–Crippen MR) is 80.2 cm³/mol. The van der Waals surface area contributed by atoms with E-state index in [0.29, 0.717) is 0 Å². The van der Waals surface area contributed by atoms with Gasteiger partial charge in [0, 0.05) is 10.9 Å². The number of para-hydroxylation sites is 1. The highest BCUT2D eigenvalue weighted by atomic mass is 16.4. The summed E-state index contributed by atoms with van der Waals surface area (Å²) < 4.78 is 0. The fourth-order valence-electron chi connectivity index (χ4n) is 2.52. The molecule has 0 aliphatic rings. The predicted octanol–water partition coefficient (Wildman–Crippen LogP) is 4.15. The van der Waals surface area contributed by atoms with Crippen LogP contribution in [0.2, 0.25) is 0 Å². The van der Waals surface area contributed by atoms with Crippen LogP contribution in [-0.4, -0.2) is 16.1 Å². The molecule has 2 N–H and O–H groups in total. The molecular formula is C17H15NO2. The second-order valence-electron chi connectivity index (χ2n) is 5.08. The molecule has 0 spiro atoms. The van der Waals surface area contributed by atoms with E-state index < -0.39 is 5.97 Å². The summed E-state index contributed by atoms with van der Waals surface area (Å²) in [5, 5.41) is 10.0. The van der Waals surface area contributed by atoms with Crippen molar-refractivity contribution in [3.05, 3.63) is 59.3 Å². The van der Waals surface area contributed by atoms with E-state index in [4.69, 9.17) is 5.11 Å². The highest BCUT2D eigenvalue weighted by molar-refractivity contribution is 6.00. The Labute approximate surface area is 116 Å². The molecule has 3 rings (SSSR count). The third-order valence-corrected chi connectivity index (χ3v) is 3.57. The van der Waals surface area contributed by atoms with Gasteiger partial charge in [-0.1, -0.05) is 42.0 Å². The first-order chi connectivity index (χ1) is 9.56. The number of carboxylic acids is 1. The summed E-state index contributed by atoms with van der Waals surface area (Å²) in [6, 6.07) is 13.9. The number of aromatic amines is 1. The lowest BCUT2D eigenvalue weighted by molar-refractivity contribution is 0.0691. The fraction of sp³-hybridized carbons (Fsp3) is 0.118. The van der Waals surface area contributed by atoms with Crippen LogP contribution in [-0.2, 0) is 0 Å². The standard InChI is InChI=1S/C17H15NO2/c1-10-6-7-11(2)14(8-10)13-5-3-4-12-9-15(17(19)20)18-16(12)13/h3-9,18H,1-2H3,(H,19,20). The first-order valence-electron chi connectivity index (χ1n) is 6.49. The van der Waals surface area contributed by atoms with Gasteiger partial charge in [-0.25, -0.2) is 4.79 Å². The van der Waals surface area contributed by atoms with Crippen LogP contribution >= 0.6 is 0 Å². The Morgan fingerprint density at radius 2 is 1.85 bits per heavy atom. The van der Waals surface area contributed by atoms with Crippen molar-refractivity contribution >= 4 is 16.9 Å². The molecule has 1 heterocycles. The summed E-state index contributed by atoms with van der Waals surface area (Å²) in [5.74, 6) is -0.937. The average molecular weight is 265 g/mol. The molecule has 0 fully saturated rings. The maximum absolute atomic E-state index is 11.1. The number of hydrogen-bond acceptors (Lipinski definition) is 1. The molecule has 0 atom stereocenters. The van der Waals surface area contributed by atoms with Gasteiger partial charge in [-0.2, -0.15) is 0 Å². The lowest BCUT2D eigenvalue weighted by atomic mass is 9.97. The Kier molecular flexibility index (Phi) is 2.83. The number of aryl methyl sites for hydroxylation is 2. The molecule has 0 saturated heterocycles. The molecule has 0 unspecified atom stereocenters. The van der Waals surface area contributed by atoms with E-state index in [1.807, 2.05) is 18.2 Å². The van der Waals surface area contributed by atoms with E-state index in [-0.39, 0.29) is 5.69 Å². The van der Waals surface area contributed by atoms with Crippen LogP contribution < -0.4 is 0 Å². The summed E-state index contributed by atoms with van der Waals surface area (Å²) in [7, 11) is 0. The monoisotopic (exact) mass is 265 g/mol. The highest BCUT2D eigenvalue weighted by Crippen LogP contribution is 2.31. The molecule has 0 radical (unpaired) electrons. The van der Waals surface area contributed by atoms with Crippen LogP contribution in [0.3, 0.4) is 0 Å². The van der Waals surface area contributed by atoms with Crippen LogP contribution in [0.25, 0.3) is 22.0 Å². The van der Waals surface area contributed by atoms with Gasteiger partial charge in [0.05, 0.1) is 5.52 Å². The molecule has 0 aliphatic heterocycles. The normalized spacial score (nSPS) is 10.9. The SMILES string of the molecule is Cc1ccc(C)c(-c2cccc3cc(C(=O)O)[nH]c23)c1. The number of H-pyrrole nitrogens is 1. The summed E-state index contributed by atoms with van der Waals surface area (Å²) in [5.41, 5.74) is 5.63. The van der Waals surface area contributed by atoms with E-state index in [2.05, 4.69) is 37.0 Å². The van der Waals surface area contributed by atoms with Gasteiger partial charge in [0.1, 0.15) is 5.69 Å². The van der Waals surface area contributed by atoms with Gasteiger partial charge in [-0.3, -0.25) is 0 Å². The van der Waals surface area contributed by atoms with Gasteiger partial charge >= 0.3 is 5.97 Å². The zero-order chi connectivity index (χ0) is 14.3. The minimum Gasteiger partial charge on any atom is -0.477 e. The van der Waals surface area contributed by atoms with Gasteiger partial charge in [-0.15, -0.1) is 0 Å². The Bertz CT molecular complexity index is 815. The summed E-state index contributed by atoms with van der Waals surface area (Å²) >= 11 is 0. The topological polar surface area (TPSA) is 53.1 Å². The third-order valence-electron chi connectivity index (χ3n) is 3.57. The Balaban J connectivity index is 2.30. The molecule has 2 aromatic carbocycles. The molecule has 3 heteroatoms. The van der Waals surface area contributed by atoms with Gasteiger partial charge in [0.25, 0.3) is 0 Å². The van der Waals surface area contributed by atoms with Crippen LogP contribution in [0.1, 0.15) is 21.6 Å². The van der Waals surface area contributed by atoms with E-state index in [1.54, 1.807) is 6.07 Å². The van der Waals surface area contributed by atoms with Crippen molar-refractivity contribution in [2.75, 3.05) is 0 Å². The lowest BCUT2D eigenvalue weighted by Gasteiger charge is -2.08. The summed E-state index contributed by atoms with van der Waals surface area (Å²) in [6.07, 6.45) is 0. The van der Waals surface area contributed by atoms with Crippen LogP contribution in [0.5, 0.6) is 0 Å². The van der Waals surface area contributed by atoms with Crippen molar-refractivity contribution in [3.63, 3.8) is 0 Å². The van der Waals surface area contributed by atoms with Gasteiger partial charge in [0.15, 0.2) is 0 Å². The van der Waals surface area contributed by atoms with Crippen molar-refractivity contribution in [2.45, 2.75) is 13.8 Å². The molecule has 0 saturated carbocycles. The molecule has 3 nitrogen and oxygen atoms in total. The Hall–Kier alpha value is -2.55. The lowest BCUT2D eigenvalue weighted by Crippen LogP contribution is -1.95. The van der Waals surface area contributed by atoms with Crippen molar-refractivity contribution in [3.8, 4) is 11.1 Å². The average Bonchev–Trinajstić information content (AvgIpc) is 2.85. The van der Waals surface area contributed by atoms with Gasteiger partial charge in [0.2, 0.25) is 0 Å². The number of hydrogen-bond donors (Lipinski definition) is 2. The second kappa shape index (κ2) is 4.53. The number of aromatic nitrogens is 1. The number of carboxylic acid groups (broad SMARTS) is 1. The largest absolute Gasteiger partial charge is 0.477 e. The third kappa shape index (κ3) is 1.97. The number of benzene rings is 2. The smallest absolute Gasteiger partial charge is 0.352 e. The summed E-state index contributed by atoms with van der Waals surface area (Å²) in [6.45, 7) is 4.12. The highest BCUT2D eigenvalue weighted by Gasteiger charge is 2.12. The first kappa shape index (κ1) is 12.5. The Morgan fingerprint density at radius 3 is 2.60 bits per heavy atom. The zero-order valence-electron chi connectivity index (χ0n) is 11.4. The van der Waals surface area contributed by atoms with Crippen molar-refractivity contribution < 1.29 is 9.90 Å². The quantitative estimate of drug-likeness (QED) is 0.731. The van der Waals surface area contributed by atoms with Crippen molar-refractivity contribution in [1.29, 1.82) is 0 Å². The minimum atomic E-state index is -0.937. The number of rotatable bonds is 2. The maximum Gasteiger partial charge on any atom is 0.352 e. The summed E-state index contributed by atoms with van der Waals surface area (Å²) in [4.78, 5) is 14.1. The van der Waals surface area contributed by atoms with Crippen LogP contribution in [0.4, 0.5) is 0 Å². The van der Waals surface area contributed by atoms with Gasteiger partial charge < -0.3 is 10.1 Å². The van der Waals surface area contributed by atoms with Crippen molar-refractivity contribution in [2.24, 2.45) is 0 Å². The van der Waals surface area contributed by atoms with E-state index in [0.717, 1.165) is 22.0 Å². The molecule has 1 aromatic heterocycles. The number of carbonyl (C=O) groups is 1. The molecule has 0 bridgehead atoms. The zero-order valence-corrected chi connectivity index (χ0v) is 11.4. The van der Waals surface area contributed by atoms with Gasteiger partial charge in [-0.05, 0) is 31.0 Å². The minimum absolute atomic E-state index is 0.220. The molecular weight excluding hydrogens is 250 g/mol. The fourth-order valence-corrected chi connectivity index (χ4v) is 2.52. The molecule has 3 aromatic rings. The number of nitrogens with one attached hydrogen (secondary N) is 1. The van der Waals surface area contributed by atoms with E-state index in [9.17, 15) is 4.79 Å². The number of fused-ring (bicyclic) bond motifs is 1. The molecule has 20 heavy (non-hydrogen) atoms. The van der Waals surface area contributed by atoms with E-state index in [1.165, 1.54) is 11.1 Å². The molecule has 0 amide bonds. The first-order valence-corrected chi connectivity index (χ1v) is 6.49. The molecule has 100 valence electrons.